The Morgan fingerprint density at radius 3 is 2.68 bits per heavy atom. The maximum atomic E-state index is 11.9. The molecule has 3 heteroatoms. The zero-order chi connectivity index (χ0) is 13.3. The lowest BCUT2D eigenvalue weighted by atomic mass is 9.92. The SMILES string of the molecule is NC1(c2ccccc2CCC(=O)NC2CCC2)CC1. The summed E-state index contributed by atoms with van der Waals surface area (Å²) in [4.78, 5) is 11.9. The Bertz CT molecular complexity index is 475. The quantitative estimate of drug-likeness (QED) is 0.851. The summed E-state index contributed by atoms with van der Waals surface area (Å²) in [6.07, 6.45) is 7.06. The normalized spacial score (nSPS) is 20.7. The summed E-state index contributed by atoms with van der Waals surface area (Å²) in [5.41, 5.74) is 8.66. The molecule has 1 aromatic rings. The van der Waals surface area contributed by atoms with Crippen LogP contribution >= 0.6 is 0 Å². The number of nitrogens with one attached hydrogen (secondary N) is 1. The Kier molecular flexibility index (Phi) is 3.31. The van der Waals surface area contributed by atoms with Crippen LogP contribution in [0.5, 0.6) is 0 Å². The standard InChI is InChI=1S/C16H22N2O/c17-16(10-11-16)14-7-2-1-4-12(14)8-9-15(19)18-13-5-3-6-13/h1-2,4,7,13H,3,5-6,8-11,17H2,(H,18,19). The number of carbonyl (C=O) groups is 1. The van der Waals surface area contributed by atoms with E-state index in [0.717, 1.165) is 32.1 Å². The van der Waals surface area contributed by atoms with Gasteiger partial charge in [-0.05, 0) is 49.7 Å². The first kappa shape index (κ1) is 12.7. The van der Waals surface area contributed by atoms with Crippen molar-refractivity contribution in [2.75, 3.05) is 0 Å². The number of amides is 1. The number of hydrogen-bond acceptors (Lipinski definition) is 2. The highest BCUT2D eigenvalue weighted by Gasteiger charge is 2.41. The minimum Gasteiger partial charge on any atom is -0.353 e. The van der Waals surface area contributed by atoms with Gasteiger partial charge in [0.2, 0.25) is 5.91 Å². The zero-order valence-corrected chi connectivity index (χ0v) is 11.3. The van der Waals surface area contributed by atoms with Gasteiger partial charge in [-0.1, -0.05) is 24.3 Å². The van der Waals surface area contributed by atoms with Crippen molar-refractivity contribution in [1.29, 1.82) is 0 Å². The van der Waals surface area contributed by atoms with E-state index in [1.165, 1.54) is 17.5 Å². The fraction of sp³-hybridized carbons (Fsp3) is 0.562. The topological polar surface area (TPSA) is 55.1 Å². The fourth-order valence-corrected chi connectivity index (χ4v) is 2.73. The molecule has 0 saturated heterocycles. The number of carbonyl (C=O) groups excluding carboxylic acids is 1. The Morgan fingerprint density at radius 1 is 1.32 bits per heavy atom. The van der Waals surface area contributed by atoms with Crippen LogP contribution in [0.1, 0.15) is 49.7 Å². The van der Waals surface area contributed by atoms with Crippen LogP contribution in [0.15, 0.2) is 24.3 Å². The van der Waals surface area contributed by atoms with E-state index in [9.17, 15) is 4.79 Å². The Labute approximate surface area is 114 Å². The second-order valence-corrected chi connectivity index (χ2v) is 6.01. The smallest absolute Gasteiger partial charge is 0.220 e. The molecule has 0 spiro atoms. The van der Waals surface area contributed by atoms with Crippen LogP contribution < -0.4 is 11.1 Å². The van der Waals surface area contributed by atoms with E-state index in [1.54, 1.807) is 0 Å². The molecular weight excluding hydrogens is 236 g/mol. The Balaban J connectivity index is 1.58. The van der Waals surface area contributed by atoms with Crippen molar-refractivity contribution in [1.82, 2.24) is 5.32 Å². The number of hydrogen-bond donors (Lipinski definition) is 2. The molecule has 0 atom stereocenters. The van der Waals surface area contributed by atoms with Gasteiger partial charge in [-0.15, -0.1) is 0 Å². The minimum absolute atomic E-state index is 0.110. The zero-order valence-electron chi connectivity index (χ0n) is 11.3. The number of rotatable bonds is 5. The lowest BCUT2D eigenvalue weighted by Gasteiger charge is -2.26. The van der Waals surface area contributed by atoms with Crippen molar-refractivity contribution >= 4 is 5.91 Å². The maximum absolute atomic E-state index is 11.9. The molecule has 3 N–H and O–H groups in total. The molecule has 3 rings (SSSR count). The van der Waals surface area contributed by atoms with Crippen molar-refractivity contribution < 1.29 is 4.79 Å². The van der Waals surface area contributed by atoms with Gasteiger partial charge in [0.1, 0.15) is 0 Å². The molecular formula is C16H22N2O. The van der Waals surface area contributed by atoms with Gasteiger partial charge < -0.3 is 11.1 Å². The van der Waals surface area contributed by atoms with E-state index in [0.29, 0.717) is 12.5 Å². The van der Waals surface area contributed by atoms with Crippen LogP contribution in [0.4, 0.5) is 0 Å². The Hall–Kier alpha value is -1.35. The first-order valence-corrected chi connectivity index (χ1v) is 7.34. The van der Waals surface area contributed by atoms with Crippen LogP contribution in [0, 0.1) is 0 Å². The summed E-state index contributed by atoms with van der Waals surface area (Å²) >= 11 is 0. The molecule has 0 aliphatic heterocycles. The third-order valence-corrected chi connectivity index (χ3v) is 4.43. The number of aryl methyl sites for hydroxylation is 1. The van der Waals surface area contributed by atoms with E-state index in [-0.39, 0.29) is 11.4 Å². The van der Waals surface area contributed by atoms with Gasteiger partial charge in [0, 0.05) is 18.0 Å². The van der Waals surface area contributed by atoms with E-state index >= 15 is 0 Å². The summed E-state index contributed by atoms with van der Waals surface area (Å²) in [7, 11) is 0. The third-order valence-electron chi connectivity index (χ3n) is 4.43. The maximum Gasteiger partial charge on any atom is 0.220 e. The average Bonchev–Trinajstić information content (AvgIpc) is 3.11. The molecule has 1 amide bonds. The molecule has 2 saturated carbocycles. The lowest BCUT2D eigenvalue weighted by molar-refractivity contribution is -0.122. The van der Waals surface area contributed by atoms with Crippen LogP contribution in [-0.2, 0) is 16.8 Å². The fourth-order valence-electron chi connectivity index (χ4n) is 2.73. The molecule has 1 aromatic carbocycles. The van der Waals surface area contributed by atoms with Gasteiger partial charge in [-0.25, -0.2) is 0 Å². The molecule has 0 aromatic heterocycles. The van der Waals surface area contributed by atoms with E-state index in [1.807, 2.05) is 12.1 Å². The third kappa shape index (κ3) is 2.81. The van der Waals surface area contributed by atoms with E-state index < -0.39 is 0 Å². The van der Waals surface area contributed by atoms with Crippen molar-refractivity contribution in [2.45, 2.75) is 56.5 Å². The second kappa shape index (κ2) is 4.97. The van der Waals surface area contributed by atoms with Gasteiger partial charge in [0.05, 0.1) is 0 Å². The highest BCUT2D eigenvalue weighted by atomic mass is 16.1. The molecule has 0 bridgehead atoms. The van der Waals surface area contributed by atoms with Gasteiger partial charge in [0.25, 0.3) is 0 Å². The Morgan fingerprint density at radius 2 is 2.05 bits per heavy atom. The monoisotopic (exact) mass is 258 g/mol. The van der Waals surface area contributed by atoms with Gasteiger partial charge in [-0.3, -0.25) is 4.79 Å². The molecule has 19 heavy (non-hydrogen) atoms. The largest absolute Gasteiger partial charge is 0.353 e. The minimum atomic E-state index is -0.110. The summed E-state index contributed by atoms with van der Waals surface area (Å²) in [6.45, 7) is 0. The van der Waals surface area contributed by atoms with Gasteiger partial charge in [0.15, 0.2) is 0 Å². The lowest BCUT2D eigenvalue weighted by Crippen LogP contribution is -2.39. The molecule has 2 fully saturated rings. The molecule has 0 radical (unpaired) electrons. The average molecular weight is 258 g/mol. The molecule has 2 aliphatic rings. The predicted molar refractivity (Wildman–Crippen MR) is 75.6 cm³/mol. The highest BCUT2D eigenvalue weighted by molar-refractivity contribution is 5.76. The van der Waals surface area contributed by atoms with Crippen molar-refractivity contribution in [3.8, 4) is 0 Å². The molecule has 3 nitrogen and oxygen atoms in total. The predicted octanol–water partition coefficient (Wildman–Crippen LogP) is 2.24. The summed E-state index contributed by atoms with van der Waals surface area (Å²) in [5, 5.41) is 3.09. The van der Waals surface area contributed by atoms with Crippen molar-refractivity contribution in [2.24, 2.45) is 5.73 Å². The van der Waals surface area contributed by atoms with Crippen LogP contribution in [0.2, 0.25) is 0 Å². The number of benzene rings is 1. The van der Waals surface area contributed by atoms with E-state index in [4.69, 9.17) is 5.73 Å². The van der Waals surface area contributed by atoms with Gasteiger partial charge >= 0.3 is 0 Å². The van der Waals surface area contributed by atoms with Crippen LogP contribution in [0.25, 0.3) is 0 Å². The van der Waals surface area contributed by atoms with Crippen molar-refractivity contribution in [3.63, 3.8) is 0 Å². The van der Waals surface area contributed by atoms with Crippen LogP contribution in [-0.4, -0.2) is 11.9 Å². The highest BCUT2D eigenvalue weighted by Crippen LogP contribution is 2.44. The molecule has 0 unspecified atom stereocenters. The van der Waals surface area contributed by atoms with E-state index in [2.05, 4.69) is 17.4 Å². The first-order chi connectivity index (χ1) is 9.17. The first-order valence-electron chi connectivity index (χ1n) is 7.34. The molecule has 2 aliphatic carbocycles. The number of nitrogens with two attached hydrogens (primary N) is 1. The summed E-state index contributed by atoms with van der Waals surface area (Å²) in [5.74, 6) is 0.182. The van der Waals surface area contributed by atoms with Crippen molar-refractivity contribution in [3.05, 3.63) is 35.4 Å². The summed E-state index contributed by atoms with van der Waals surface area (Å²) < 4.78 is 0. The molecule has 102 valence electrons. The van der Waals surface area contributed by atoms with Crippen LogP contribution in [0.3, 0.4) is 0 Å². The molecule has 0 heterocycles. The second-order valence-electron chi connectivity index (χ2n) is 6.01. The van der Waals surface area contributed by atoms with Gasteiger partial charge in [-0.2, -0.15) is 0 Å². The summed E-state index contributed by atoms with van der Waals surface area (Å²) in [6, 6.07) is 8.74.